The first-order valence-electron chi connectivity index (χ1n) is 5.30. The molecule has 3 nitrogen and oxygen atoms in total. The lowest BCUT2D eigenvalue weighted by atomic mass is 10.1. The average molecular weight is 242 g/mol. The summed E-state index contributed by atoms with van der Waals surface area (Å²) in [6.07, 6.45) is 1.42. The van der Waals surface area contributed by atoms with Gasteiger partial charge in [-0.25, -0.2) is 4.79 Å². The summed E-state index contributed by atoms with van der Waals surface area (Å²) < 4.78 is 0. The number of aryl methyl sites for hydroxylation is 1. The number of anilines is 1. The van der Waals surface area contributed by atoms with Crippen LogP contribution in [-0.2, 0) is 4.79 Å². The van der Waals surface area contributed by atoms with Crippen LogP contribution in [0.2, 0.25) is 5.02 Å². The van der Waals surface area contributed by atoms with Crippen molar-refractivity contribution in [3.05, 3.63) is 28.8 Å². The van der Waals surface area contributed by atoms with Crippen molar-refractivity contribution >= 4 is 23.3 Å². The van der Waals surface area contributed by atoms with Crippen molar-refractivity contribution in [2.24, 2.45) is 0 Å². The standard InChI is InChI=1S/C12H16ClNO2/c1-3-4-10(12(15)16)14-11-7-9(13)6-5-8(11)2/h5-7,10,14H,3-4H2,1-2H3,(H,15,16)/t10-/m1/s1. The third-order valence-corrected chi connectivity index (χ3v) is 2.64. The van der Waals surface area contributed by atoms with Crippen LogP contribution >= 0.6 is 11.6 Å². The summed E-state index contributed by atoms with van der Waals surface area (Å²) in [5.74, 6) is -0.832. The third kappa shape index (κ3) is 3.42. The number of carboxylic acid groups (broad SMARTS) is 1. The van der Waals surface area contributed by atoms with E-state index in [2.05, 4.69) is 5.32 Å². The minimum Gasteiger partial charge on any atom is -0.480 e. The Bertz CT molecular complexity index is 379. The van der Waals surface area contributed by atoms with E-state index in [0.717, 1.165) is 17.7 Å². The Labute approximate surface area is 100 Å². The molecule has 0 fully saturated rings. The molecule has 0 amide bonds. The van der Waals surface area contributed by atoms with Gasteiger partial charge in [-0.2, -0.15) is 0 Å². The third-order valence-electron chi connectivity index (χ3n) is 2.40. The number of rotatable bonds is 5. The second kappa shape index (κ2) is 5.75. The van der Waals surface area contributed by atoms with Crippen LogP contribution in [0.5, 0.6) is 0 Å². The van der Waals surface area contributed by atoms with Crippen LogP contribution in [0, 0.1) is 6.92 Å². The molecule has 4 heteroatoms. The molecule has 0 aromatic heterocycles. The average Bonchev–Trinajstić information content (AvgIpc) is 2.22. The number of carbonyl (C=O) groups is 1. The van der Waals surface area contributed by atoms with Crippen molar-refractivity contribution in [1.29, 1.82) is 0 Å². The van der Waals surface area contributed by atoms with Crippen molar-refractivity contribution < 1.29 is 9.90 Å². The molecule has 0 bridgehead atoms. The van der Waals surface area contributed by atoms with Crippen molar-refractivity contribution in [1.82, 2.24) is 0 Å². The SMILES string of the molecule is CCC[C@@H](Nc1cc(Cl)ccc1C)C(=O)O. The number of aliphatic carboxylic acids is 1. The number of benzene rings is 1. The van der Waals surface area contributed by atoms with Gasteiger partial charge in [-0.1, -0.05) is 31.0 Å². The van der Waals surface area contributed by atoms with E-state index in [4.69, 9.17) is 16.7 Å². The molecule has 1 aromatic rings. The predicted molar refractivity (Wildman–Crippen MR) is 66.1 cm³/mol. The highest BCUT2D eigenvalue weighted by atomic mass is 35.5. The highest BCUT2D eigenvalue weighted by Crippen LogP contribution is 2.21. The molecule has 16 heavy (non-hydrogen) atoms. The second-order valence-corrected chi connectivity index (χ2v) is 4.22. The van der Waals surface area contributed by atoms with Crippen LogP contribution in [0.4, 0.5) is 5.69 Å². The van der Waals surface area contributed by atoms with Gasteiger partial charge < -0.3 is 10.4 Å². The monoisotopic (exact) mass is 241 g/mol. The summed E-state index contributed by atoms with van der Waals surface area (Å²) in [6, 6.07) is 4.86. The van der Waals surface area contributed by atoms with E-state index in [1.54, 1.807) is 12.1 Å². The molecule has 0 saturated carbocycles. The Morgan fingerprint density at radius 2 is 2.25 bits per heavy atom. The lowest BCUT2D eigenvalue weighted by Gasteiger charge is -2.16. The van der Waals surface area contributed by atoms with Crippen molar-refractivity contribution in [3.63, 3.8) is 0 Å². The summed E-state index contributed by atoms with van der Waals surface area (Å²) in [7, 11) is 0. The number of nitrogens with one attached hydrogen (secondary N) is 1. The molecular weight excluding hydrogens is 226 g/mol. The second-order valence-electron chi connectivity index (χ2n) is 3.78. The van der Waals surface area contributed by atoms with Crippen LogP contribution in [0.1, 0.15) is 25.3 Å². The van der Waals surface area contributed by atoms with Gasteiger partial charge in [0.1, 0.15) is 6.04 Å². The van der Waals surface area contributed by atoms with E-state index in [1.807, 2.05) is 19.9 Å². The zero-order valence-electron chi connectivity index (χ0n) is 9.46. The summed E-state index contributed by atoms with van der Waals surface area (Å²) >= 11 is 5.87. The van der Waals surface area contributed by atoms with Gasteiger partial charge >= 0.3 is 5.97 Å². The minimum atomic E-state index is -0.832. The van der Waals surface area contributed by atoms with Crippen LogP contribution in [0.15, 0.2) is 18.2 Å². The first-order chi connectivity index (χ1) is 7.54. The molecule has 1 atom stereocenters. The number of halogens is 1. The fourth-order valence-electron chi connectivity index (χ4n) is 1.48. The Morgan fingerprint density at radius 1 is 1.56 bits per heavy atom. The molecule has 0 radical (unpaired) electrons. The summed E-state index contributed by atoms with van der Waals surface area (Å²) in [5.41, 5.74) is 1.78. The predicted octanol–water partition coefficient (Wildman–Crippen LogP) is 3.31. The molecule has 0 heterocycles. The summed E-state index contributed by atoms with van der Waals surface area (Å²) in [5, 5.41) is 12.6. The van der Waals surface area contributed by atoms with Gasteiger partial charge in [-0.15, -0.1) is 0 Å². The van der Waals surface area contributed by atoms with Gasteiger partial charge in [0.15, 0.2) is 0 Å². The fraction of sp³-hybridized carbons (Fsp3) is 0.417. The van der Waals surface area contributed by atoms with Crippen molar-refractivity contribution in [3.8, 4) is 0 Å². The number of hydrogen-bond donors (Lipinski definition) is 2. The Kier molecular flexibility index (Phi) is 4.62. The first-order valence-corrected chi connectivity index (χ1v) is 5.68. The van der Waals surface area contributed by atoms with Gasteiger partial charge in [0.05, 0.1) is 0 Å². The summed E-state index contributed by atoms with van der Waals surface area (Å²) in [6.45, 7) is 3.88. The highest BCUT2D eigenvalue weighted by molar-refractivity contribution is 6.30. The molecule has 0 unspecified atom stereocenters. The van der Waals surface area contributed by atoms with Gasteiger partial charge in [0, 0.05) is 10.7 Å². The Hall–Kier alpha value is -1.22. The maximum absolute atomic E-state index is 11.0. The van der Waals surface area contributed by atoms with Gasteiger partial charge in [0.2, 0.25) is 0 Å². The Balaban J connectivity index is 2.84. The molecule has 0 saturated heterocycles. The lowest BCUT2D eigenvalue weighted by Crippen LogP contribution is -2.29. The van der Waals surface area contributed by atoms with E-state index in [9.17, 15) is 4.79 Å². The van der Waals surface area contributed by atoms with Crippen LogP contribution in [-0.4, -0.2) is 17.1 Å². The zero-order valence-corrected chi connectivity index (χ0v) is 10.2. The quantitative estimate of drug-likeness (QED) is 0.832. The van der Waals surface area contributed by atoms with E-state index >= 15 is 0 Å². The topological polar surface area (TPSA) is 49.3 Å². The normalized spacial score (nSPS) is 12.2. The fourth-order valence-corrected chi connectivity index (χ4v) is 1.66. The maximum Gasteiger partial charge on any atom is 0.326 e. The van der Waals surface area contributed by atoms with E-state index in [-0.39, 0.29) is 0 Å². The number of hydrogen-bond acceptors (Lipinski definition) is 2. The van der Waals surface area contributed by atoms with Gasteiger partial charge in [-0.3, -0.25) is 0 Å². The molecule has 0 aliphatic heterocycles. The molecule has 0 spiro atoms. The largest absolute Gasteiger partial charge is 0.480 e. The van der Waals surface area contributed by atoms with E-state index in [1.165, 1.54) is 0 Å². The van der Waals surface area contributed by atoms with Crippen LogP contribution < -0.4 is 5.32 Å². The zero-order chi connectivity index (χ0) is 12.1. The van der Waals surface area contributed by atoms with Crippen LogP contribution in [0.3, 0.4) is 0 Å². The molecule has 1 rings (SSSR count). The van der Waals surface area contributed by atoms with Gasteiger partial charge in [-0.05, 0) is 31.0 Å². The van der Waals surface area contributed by atoms with Crippen molar-refractivity contribution in [2.75, 3.05) is 5.32 Å². The van der Waals surface area contributed by atoms with E-state index in [0.29, 0.717) is 11.4 Å². The molecule has 0 aliphatic carbocycles. The molecule has 88 valence electrons. The van der Waals surface area contributed by atoms with Gasteiger partial charge in [0.25, 0.3) is 0 Å². The first kappa shape index (κ1) is 12.8. The number of carboxylic acids is 1. The smallest absolute Gasteiger partial charge is 0.326 e. The lowest BCUT2D eigenvalue weighted by molar-refractivity contribution is -0.138. The molecular formula is C12H16ClNO2. The highest BCUT2D eigenvalue weighted by Gasteiger charge is 2.16. The molecule has 1 aromatic carbocycles. The maximum atomic E-state index is 11.0. The Morgan fingerprint density at radius 3 is 2.81 bits per heavy atom. The van der Waals surface area contributed by atoms with Crippen molar-refractivity contribution in [2.45, 2.75) is 32.7 Å². The van der Waals surface area contributed by atoms with Crippen LogP contribution in [0.25, 0.3) is 0 Å². The minimum absolute atomic E-state index is 0.554. The van der Waals surface area contributed by atoms with E-state index < -0.39 is 12.0 Å². The summed E-state index contributed by atoms with van der Waals surface area (Å²) in [4.78, 5) is 11.0. The molecule has 0 aliphatic rings. The molecule has 2 N–H and O–H groups in total.